The van der Waals surface area contributed by atoms with Crippen molar-refractivity contribution < 1.29 is 14.3 Å². The monoisotopic (exact) mass is 233 g/mol. The van der Waals surface area contributed by atoms with E-state index in [4.69, 9.17) is 4.74 Å². The third-order valence-electron chi connectivity index (χ3n) is 1.93. The minimum Gasteiger partial charge on any atom is -0.463 e. The molecule has 0 aliphatic heterocycles. The van der Waals surface area contributed by atoms with Crippen LogP contribution in [0.4, 0.5) is 5.69 Å². The van der Waals surface area contributed by atoms with Gasteiger partial charge in [-0.1, -0.05) is 12.1 Å². The molecule has 1 aromatic rings. The van der Waals surface area contributed by atoms with Gasteiger partial charge in [-0.25, -0.2) is 4.79 Å². The van der Waals surface area contributed by atoms with Crippen LogP contribution in [0.2, 0.25) is 0 Å². The quantitative estimate of drug-likeness (QED) is 0.640. The Hall–Kier alpha value is -2.10. The van der Waals surface area contributed by atoms with Crippen LogP contribution in [-0.4, -0.2) is 18.5 Å². The van der Waals surface area contributed by atoms with Gasteiger partial charge in [0.15, 0.2) is 0 Å². The largest absolute Gasteiger partial charge is 0.463 e. The Morgan fingerprint density at radius 1 is 1.29 bits per heavy atom. The molecule has 0 spiro atoms. The molecule has 0 aromatic heterocycles. The summed E-state index contributed by atoms with van der Waals surface area (Å²) in [6.07, 6.45) is 3.03. The fourth-order valence-corrected chi connectivity index (χ4v) is 1.24. The molecule has 0 unspecified atom stereocenters. The SMILES string of the molecule is CCOC(=O)C=Cc1ccc(NC(C)=O)cc1. The van der Waals surface area contributed by atoms with Gasteiger partial charge in [0.1, 0.15) is 0 Å². The number of carbonyl (C=O) groups excluding carboxylic acids is 2. The molecule has 1 N–H and O–H groups in total. The van der Waals surface area contributed by atoms with Crippen molar-refractivity contribution in [3.63, 3.8) is 0 Å². The van der Waals surface area contributed by atoms with Gasteiger partial charge in [0.2, 0.25) is 5.91 Å². The molecule has 0 heterocycles. The maximum Gasteiger partial charge on any atom is 0.330 e. The van der Waals surface area contributed by atoms with E-state index in [0.717, 1.165) is 11.3 Å². The third kappa shape index (κ3) is 4.97. The predicted molar refractivity (Wildman–Crippen MR) is 66.4 cm³/mol. The van der Waals surface area contributed by atoms with E-state index >= 15 is 0 Å². The number of carbonyl (C=O) groups is 2. The summed E-state index contributed by atoms with van der Waals surface area (Å²) in [5, 5.41) is 2.66. The van der Waals surface area contributed by atoms with E-state index < -0.39 is 0 Å². The zero-order valence-corrected chi connectivity index (χ0v) is 9.90. The molecule has 4 heteroatoms. The topological polar surface area (TPSA) is 55.4 Å². The number of anilines is 1. The molecule has 1 amide bonds. The minimum atomic E-state index is -0.363. The minimum absolute atomic E-state index is 0.111. The number of rotatable bonds is 4. The van der Waals surface area contributed by atoms with E-state index in [1.54, 1.807) is 37.3 Å². The highest BCUT2D eigenvalue weighted by atomic mass is 16.5. The molecule has 0 bridgehead atoms. The van der Waals surface area contributed by atoms with Crippen LogP contribution in [0.5, 0.6) is 0 Å². The summed E-state index contributed by atoms with van der Waals surface area (Å²) in [5.74, 6) is -0.474. The summed E-state index contributed by atoms with van der Waals surface area (Å²) in [6, 6.07) is 7.15. The summed E-state index contributed by atoms with van der Waals surface area (Å²) < 4.78 is 4.76. The van der Waals surface area contributed by atoms with E-state index in [1.807, 2.05) is 0 Å². The van der Waals surface area contributed by atoms with Gasteiger partial charge >= 0.3 is 5.97 Å². The first-order valence-corrected chi connectivity index (χ1v) is 5.34. The van der Waals surface area contributed by atoms with Crippen LogP contribution in [0.15, 0.2) is 30.3 Å². The van der Waals surface area contributed by atoms with E-state index in [9.17, 15) is 9.59 Å². The van der Waals surface area contributed by atoms with E-state index in [-0.39, 0.29) is 11.9 Å². The molecule has 4 nitrogen and oxygen atoms in total. The number of ether oxygens (including phenoxy) is 1. The Labute approximate surface area is 100 Å². The van der Waals surface area contributed by atoms with Crippen molar-refractivity contribution >= 4 is 23.6 Å². The fraction of sp³-hybridized carbons (Fsp3) is 0.231. The van der Waals surface area contributed by atoms with Crippen LogP contribution < -0.4 is 5.32 Å². The predicted octanol–water partition coefficient (Wildman–Crippen LogP) is 2.22. The Morgan fingerprint density at radius 3 is 2.47 bits per heavy atom. The lowest BCUT2D eigenvalue weighted by molar-refractivity contribution is -0.137. The van der Waals surface area contributed by atoms with Crippen molar-refractivity contribution in [2.24, 2.45) is 0 Å². The molecule has 0 saturated heterocycles. The lowest BCUT2D eigenvalue weighted by Gasteiger charge is -2.01. The zero-order chi connectivity index (χ0) is 12.7. The number of nitrogens with one attached hydrogen (secondary N) is 1. The number of hydrogen-bond donors (Lipinski definition) is 1. The average Bonchev–Trinajstić information content (AvgIpc) is 2.28. The Bertz CT molecular complexity index is 421. The first kappa shape index (κ1) is 13.0. The molecule has 0 fully saturated rings. The van der Waals surface area contributed by atoms with Crippen molar-refractivity contribution in [3.8, 4) is 0 Å². The van der Waals surface area contributed by atoms with Gasteiger partial charge < -0.3 is 10.1 Å². The zero-order valence-electron chi connectivity index (χ0n) is 9.90. The van der Waals surface area contributed by atoms with Gasteiger partial charge in [-0.15, -0.1) is 0 Å². The summed E-state index contributed by atoms with van der Waals surface area (Å²) in [7, 11) is 0. The number of esters is 1. The molecule has 90 valence electrons. The van der Waals surface area contributed by atoms with Crippen LogP contribution in [0.1, 0.15) is 19.4 Å². The maximum atomic E-state index is 11.1. The van der Waals surface area contributed by atoms with Gasteiger partial charge in [-0.05, 0) is 30.7 Å². The maximum absolute atomic E-state index is 11.1. The van der Waals surface area contributed by atoms with Crippen LogP contribution in [0.3, 0.4) is 0 Å². The standard InChI is InChI=1S/C13H15NO3/c1-3-17-13(16)9-6-11-4-7-12(8-5-11)14-10(2)15/h4-9H,3H2,1-2H3,(H,14,15). The van der Waals surface area contributed by atoms with Crippen molar-refractivity contribution in [1.82, 2.24) is 0 Å². The van der Waals surface area contributed by atoms with E-state index in [2.05, 4.69) is 5.32 Å². The summed E-state index contributed by atoms with van der Waals surface area (Å²) in [4.78, 5) is 21.9. The second-order valence-electron chi connectivity index (χ2n) is 3.39. The molecular weight excluding hydrogens is 218 g/mol. The van der Waals surface area contributed by atoms with Gasteiger partial charge in [-0.2, -0.15) is 0 Å². The second kappa shape index (κ2) is 6.48. The van der Waals surface area contributed by atoms with Gasteiger partial charge in [-0.3, -0.25) is 4.79 Å². The lowest BCUT2D eigenvalue weighted by atomic mass is 10.2. The second-order valence-corrected chi connectivity index (χ2v) is 3.39. The summed E-state index contributed by atoms with van der Waals surface area (Å²) in [6.45, 7) is 3.58. The molecule has 1 rings (SSSR count). The Balaban J connectivity index is 2.62. The molecule has 0 aliphatic carbocycles. The normalized spacial score (nSPS) is 10.2. The first-order valence-electron chi connectivity index (χ1n) is 5.34. The van der Waals surface area contributed by atoms with Crippen LogP contribution in [0, 0.1) is 0 Å². The lowest BCUT2D eigenvalue weighted by Crippen LogP contribution is -2.05. The summed E-state index contributed by atoms with van der Waals surface area (Å²) >= 11 is 0. The molecule has 0 aliphatic rings. The smallest absolute Gasteiger partial charge is 0.330 e. The van der Waals surface area contributed by atoms with Crippen LogP contribution >= 0.6 is 0 Å². The number of hydrogen-bond acceptors (Lipinski definition) is 3. The molecule has 0 atom stereocenters. The molecule has 0 saturated carbocycles. The van der Waals surface area contributed by atoms with Crippen molar-refractivity contribution in [2.45, 2.75) is 13.8 Å². The summed E-state index contributed by atoms with van der Waals surface area (Å²) in [5.41, 5.74) is 1.60. The van der Waals surface area contributed by atoms with Crippen molar-refractivity contribution in [3.05, 3.63) is 35.9 Å². The number of benzene rings is 1. The Kier molecular flexibility index (Phi) is 4.94. The molecule has 1 aromatic carbocycles. The average molecular weight is 233 g/mol. The number of amides is 1. The highest BCUT2D eigenvalue weighted by Crippen LogP contribution is 2.10. The van der Waals surface area contributed by atoms with Crippen molar-refractivity contribution in [2.75, 3.05) is 11.9 Å². The molecular formula is C13H15NO3. The van der Waals surface area contributed by atoms with E-state index in [0.29, 0.717) is 6.61 Å². The van der Waals surface area contributed by atoms with E-state index in [1.165, 1.54) is 13.0 Å². The fourth-order valence-electron chi connectivity index (χ4n) is 1.24. The van der Waals surface area contributed by atoms with Gasteiger partial charge in [0.05, 0.1) is 6.61 Å². The van der Waals surface area contributed by atoms with Crippen molar-refractivity contribution in [1.29, 1.82) is 0 Å². The van der Waals surface area contributed by atoms with Crippen LogP contribution in [0.25, 0.3) is 6.08 Å². The third-order valence-corrected chi connectivity index (χ3v) is 1.93. The molecule has 0 radical (unpaired) electrons. The Morgan fingerprint density at radius 2 is 1.94 bits per heavy atom. The van der Waals surface area contributed by atoms with Crippen LogP contribution in [-0.2, 0) is 14.3 Å². The highest BCUT2D eigenvalue weighted by molar-refractivity contribution is 5.89. The van der Waals surface area contributed by atoms with Gasteiger partial charge in [0.25, 0.3) is 0 Å². The highest BCUT2D eigenvalue weighted by Gasteiger charge is 1.96. The first-order chi connectivity index (χ1) is 8.11. The van der Waals surface area contributed by atoms with Gasteiger partial charge in [0, 0.05) is 18.7 Å². The molecule has 17 heavy (non-hydrogen) atoms.